The Hall–Kier alpha value is -3.90. The van der Waals surface area contributed by atoms with Crippen molar-refractivity contribution in [3.63, 3.8) is 0 Å². The number of aromatic hydroxyl groups is 1. The predicted octanol–water partition coefficient (Wildman–Crippen LogP) is 4.73. The maximum atomic E-state index is 13.3. The molecule has 0 unspecified atom stereocenters. The van der Waals surface area contributed by atoms with Gasteiger partial charge in [-0.15, -0.1) is 0 Å². The number of halogens is 1. The number of aromatic nitrogens is 2. The molecule has 0 aliphatic rings. The predicted molar refractivity (Wildman–Crippen MR) is 121 cm³/mol. The molecule has 4 aromatic rings. The number of amides is 1. The number of rotatable bonds is 4. The van der Waals surface area contributed by atoms with Crippen molar-refractivity contribution in [1.82, 2.24) is 9.78 Å². The first-order valence-corrected chi connectivity index (χ1v) is 9.85. The minimum Gasteiger partial charge on any atom is -0.506 e. The van der Waals surface area contributed by atoms with E-state index in [0.29, 0.717) is 21.8 Å². The second-order valence-corrected chi connectivity index (χ2v) is 7.31. The van der Waals surface area contributed by atoms with Crippen LogP contribution in [-0.4, -0.2) is 20.8 Å². The Bertz CT molecular complexity index is 1320. The molecule has 0 fully saturated rings. The fourth-order valence-electron chi connectivity index (χ4n) is 3.32. The molecule has 0 spiro atoms. The zero-order valence-corrected chi connectivity index (χ0v) is 17.3. The van der Waals surface area contributed by atoms with Crippen LogP contribution < -0.4 is 10.9 Å². The number of benzene rings is 3. The average Bonchev–Trinajstić information content (AvgIpc) is 2.78. The second kappa shape index (κ2) is 8.45. The van der Waals surface area contributed by atoms with Crippen molar-refractivity contribution in [3.05, 3.63) is 99.8 Å². The summed E-state index contributed by atoms with van der Waals surface area (Å²) < 4.78 is 1.14. The molecule has 0 bridgehead atoms. The summed E-state index contributed by atoms with van der Waals surface area (Å²) in [5.74, 6) is -0.829. The minimum atomic E-state index is -0.670. The Morgan fingerprint density at radius 1 is 0.968 bits per heavy atom. The Morgan fingerprint density at radius 3 is 2.23 bits per heavy atom. The average molecular weight is 432 g/mol. The molecule has 0 saturated carbocycles. The zero-order valence-electron chi connectivity index (χ0n) is 16.5. The summed E-state index contributed by atoms with van der Waals surface area (Å²) in [7, 11) is 1.50. The van der Waals surface area contributed by atoms with E-state index in [1.54, 1.807) is 0 Å². The number of hydrogen-bond donors (Lipinski definition) is 2. The van der Waals surface area contributed by atoms with Gasteiger partial charge in [0, 0.05) is 23.2 Å². The Morgan fingerprint density at radius 2 is 1.58 bits per heavy atom. The Balaban J connectivity index is 1.97. The lowest BCUT2D eigenvalue weighted by Gasteiger charge is -2.16. The fraction of sp³-hybridized carbons (Fsp3) is 0.0417. The van der Waals surface area contributed by atoms with Gasteiger partial charge in [0.05, 0.1) is 11.4 Å². The molecular weight excluding hydrogens is 414 g/mol. The van der Waals surface area contributed by atoms with E-state index >= 15 is 0 Å². The van der Waals surface area contributed by atoms with E-state index in [2.05, 4.69) is 10.4 Å². The quantitative estimate of drug-likeness (QED) is 0.458. The molecule has 0 atom stereocenters. The highest BCUT2D eigenvalue weighted by Crippen LogP contribution is 2.33. The molecule has 7 heteroatoms. The molecule has 3 aromatic carbocycles. The molecule has 0 saturated heterocycles. The molecule has 2 N–H and O–H groups in total. The lowest BCUT2D eigenvalue weighted by Crippen LogP contribution is -2.31. The fourth-order valence-corrected chi connectivity index (χ4v) is 3.49. The molecule has 4 rings (SSSR count). The van der Waals surface area contributed by atoms with Gasteiger partial charge in [0.15, 0.2) is 0 Å². The Labute approximate surface area is 183 Å². The number of carbonyl (C=O) groups excluding carboxylic acids is 1. The van der Waals surface area contributed by atoms with Crippen LogP contribution in [0.3, 0.4) is 0 Å². The van der Waals surface area contributed by atoms with Crippen molar-refractivity contribution >= 4 is 23.2 Å². The van der Waals surface area contributed by atoms with Gasteiger partial charge in [0.1, 0.15) is 11.3 Å². The standard InChI is InChI=1S/C24H18ClN3O3/c1-28-24(31)21(23(30)26-18-14-17(25)12-13-19(18)29)20(15-8-4-2-5-9-15)22(27-28)16-10-6-3-7-11-16/h2-14,29H,1H3,(H,26,30). The summed E-state index contributed by atoms with van der Waals surface area (Å²) in [6.45, 7) is 0. The van der Waals surface area contributed by atoms with Gasteiger partial charge < -0.3 is 10.4 Å². The van der Waals surface area contributed by atoms with Gasteiger partial charge in [-0.1, -0.05) is 72.3 Å². The minimum absolute atomic E-state index is 0.0815. The van der Waals surface area contributed by atoms with E-state index in [9.17, 15) is 14.7 Å². The van der Waals surface area contributed by atoms with Gasteiger partial charge in [0.25, 0.3) is 11.5 Å². The largest absolute Gasteiger partial charge is 0.506 e. The maximum Gasteiger partial charge on any atom is 0.280 e. The van der Waals surface area contributed by atoms with Crippen LogP contribution in [0.25, 0.3) is 22.4 Å². The van der Waals surface area contributed by atoms with Crippen LogP contribution in [0, 0.1) is 0 Å². The Kier molecular flexibility index (Phi) is 5.56. The number of phenols is 1. The van der Waals surface area contributed by atoms with Crippen LogP contribution >= 0.6 is 11.6 Å². The summed E-state index contributed by atoms with van der Waals surface area (Å²) in [5.41, 5.74) is 1.81. The third-order valence-corrected chi connectivity index (χ3v) is 5.02. The van der Waals surface area contributed by atoms with E-state index in [1.807, 2.05) is 60.7 Å². The van der Waals surface area contributed by atoms with Crippen molar-refractivity contribution in [2.24, 2.45) is 7.05 Å². The van der Waals surface area contributed by atoms with Crippen LogP contribution in [0.5, 0.6) is 5.75 Å². The van der Waals surface area contributed by atoms with Crippen molar-refractivity contribution in [1.29, 1.82) is 0 Å². The summed E-state index contributed by atoms with van der Waals surface area (Å²) >= 11 is 6.00. The number of hydrogen-bond acceptors (Lipinski definition) is 4. The van der Waals surface area contributed by atoms with Crippen LogP contribution in [0.1, 0.15) is 10.4 Å². The van der Waals surface area contributed by atoms with Crippen molar-refractivity contribution in [2.75, 3.05) is 5.32 Å². The van der Waals surface area contributed by atoms with E-state index in [0.717, 1.165) is 10.2 Å². The van der Waals surface area contributed by atoms with E-state index in [-0.39, 0.29) is 17.0 Å². The number of phenolic OH excluding ortho intramolecular Hbond substituents is 1. The topological polar surface area (TPSA) is 84.2 Å². The highest BCUT2D eigenvalue weighted by atomic mass is 35.5. The van der Waals surface area contributed by atoms with Crippen molar-refractivity contribution < 1.29 is 9.90 Å². The lowest BCUT2D eigenvalue weighted by molar-refractivity contribution is 0.102. The van der Waals surface area contributed by atoms with Crippen LogP contribution in [0.2, 0.25) is 5.02 Å². The van der Waals surface area contributed by atoms with E-state index in [1.165, 1.54) is 25.2 Å². The van der Waals surface area contributed by atoms with Gasteiger partial charge in [-0.2, -0.15) is 5.10 Å². The van der Waals surface area contributed by atoms with Crippen molar-refractivity contribution in [3.8, 4) is 28.1 Å². The lowest BCUT2D eigenvalue weighted by atomic mass is 9.95. The molecular formula is C24H18ClN3O3. The first-order chi connectivity index (χ1) is 15.0. The van der Waals surface area contributed by atoms with Crippen LogP contribution in [-0.2, 0) is 7.05 Å². The van der Waals surface area contributed by atoms with Gasteiger partial charge in [0.2, 0.25) is 0 Å². The molecule has 0 radical (unpaired) electrons. The number of nitrogens with one attached hydrogen (secondary N) is 1. The molecule has 1 amide bonds. The summed E-state index contributed by atoms with van der Waals surface area (Å²) in [5, 5.41) is 17.5. The molecule has 6 nitrogen and oxygen atoms in total. The summed E-state index contributed by atoms with van der Waals surface area (Å²) in [4.78, 5) is 26.4. The summed E-state index contributed by atoms with van der Waals surface area (Å²) in [6.07, 6.45) is 0. The smallest absolute Gasteiger partial charge is 0.280 e. The first kappa shape index (κ1) is 20.4. The van der Waals surface area contributed by atoms with Crippen molar-refractivity contribution in [2.45, 2.75) is 0 Å². The molecule has 1 aromatic heterocycles. The highest BCUT2D eigenvalue weighted by molar-refractivity contribution is 6.31. The number of carbonyl (C=O) groups is 1. The van der Waals surface area contributed by atoms with E-state index in [4.69, 9.17) is 11.6 Å². The molecule has 0 aliphatic carbocycles. The molecule has 0 aliphatic heterocycles. The molecule has 31 heavy (non-hydrogen) atoms. The molecule has 1 heterocycles. The van der Waals surface area contributed by atoms with Gasteiger partial charge in [-0.3, -0.25) is 9.59 Å². The highest BCUT2D eigenvalue weighted by Gasteiger charge is 2.25. The number of aryl methyl sites for hydroxylation is 1. The van der Waals surface area contributed by atoms with Gasteiger partial charge in [-0.25, -0.2) is 4.68 Å². The first-order valence-electron chi connectivity index (χ1n) is 9.47. The van der Waals surface area contributed by atoms with Gasteiger partial charge in [-0.05, 0) is 23.8 Å². The zero-order chi connectivity index (χ0) is 22.0. The van der Waals surface area contributed by atoms with Crippen LogP contribution in [0.4, 0.5) is 5.69 Å². The monoisotopic (exact) mass is 431 g/mol. The normalized spacial score (nSPS) is 10.6. The summed E-state index contributed by atoms with van der Waals surface area (Å²) in [6, 6.07) is 22.8. The maximum absolute atomic E-state index is 13.3. The SMILES string of the molecule is Cn1nc(-c2ccccc2)c(-c2ccccc2)c(C(=O)Nc2cc(Cl)ccc2O)c1=O. The number of anilines is 1. The van der Waals surface area contributed by atoms with Gasteiger partial charge >= 0.3 is 0 Å². The third-order valence-electron chi connectivity index (χ3n) is 4.79. The molecule has 154 valence electrons. The number of nitrogens with zero attached hydrogens (tertiary/aromatic N) is 2. The second-order valence-electron chi connectivity index (χ2n) is 6.88. The van der Waals surface area contributed by atoms with Crippen LogP contribution in [0.15, 0.2) is 83.7 Å². The third kappa shape index (κ3) is 4.06. The van der Waals surface area contributed by atoms with E-state index < -0.39 is 11.5 Å².